The minimum absolute atomic E-state index is 1.48. The third-order valence-corrected chi connectivity index (χ3v) is 7.08. The van der Waals surface area contributed by atoms with Crippen LogP contribution in [0.2, 0.25) is 0 Å². The van der Waals surface area contributed by atoms with E-state index < -0.39 is 30.2 Å². The molecule has 0 aromatic carbocycles. The predicted octanol–water partition coefficient (Wildman–Crippen LogP) is -0.384. The monoisotopic (exact) mass is 419 g/mol. The molecule has 0 radical (unpaired) electrons. The van der Waals surface area contributed by atoms with E-state index in [9.17, 15) is 5.72 Å². The van der Waals surface area contributed by atoms with Gasteiger partial charge >= 0.3 is 54.6 Å². The molecule has 36 valence electrons. The Morgan fingerprint density at radius 1 is 1.80 bits per heavy atom. The van der Waals surface area contributed by atoms with Crippen molar-refractivity contribution in [3.05, 3.63) is 0 Å². The molecule has 0 aromatic heterocycles. The van der Waals surface area contributed by atoms with Crippen LogP contribution < -0.4 is 17.8 Å². The summed E-state index contributed by atoms with van der Waals surface area (Å²) in [6.07, 6.45) is 0. The molecule has 0 aromatic rings. The molecule has 0 spiro atoms. The van der Waals surface area contributed by atoms with Crippen LogP contribution >= 0.6 is 31.1 Å². The van der Waals surface area contributed by atoms with Crippen LogP contribution in [0.3, 0.4) is 0 Å². The van der Waals surface area contributed by atoms with Gasteiger partial charge in [-0.15, -0.1) is 0 Å². The molecular weight excluding hydrogens is 419 g/mol. The Hall–Kier alpha value is 2.05. The summed E-state index contributed by atoms with van der Waals surface area (Å²) < 4.78 is 22.2. The summed E-state index contributed by atoms with van der Waals surface area (Å²) in [4.78, 5) is 0. The summed E-state index contributed by atoms with van der Waals surface area (Å²) in [5.74, 6) is 0. The topological polar surface area (TPSA) is 0 Å². The molecule has 0 bridgehead atoms. The molecule has 0 saturated heterocycles. The average molecular weight is 419 g/mol. The van der Waals surface area contributed by atoms with E-state index in [-0.39, 0.29) is 0 Å². The molecule has 0 aliphatic heterocycles. The molecule has 0 amide bonds. The van der Waals surface area contributed by atoms with E-state index in [1.54, 1.807) is 18.6 Å². The van der Waals surface area contributed by atoms with Crippen LogP contribution in [0.1, 0.15) is 0 Å². The summed E-state index contributed by atoms with van der Waals surface area (Å²) in [5, 5.41) is 0. The van der Waals surface area contributed by atoms with Gasteiger partial charge in [-0.2, -0.15) is 0 Å². The Labute approximate surface area is 53.5 Å². The number of hydrogen-bond donors (Lipinski definition) is 0. The van der Waals surface area contributed by atoms with Gasteiger partial charge in [0.1, 0.15) is 0 Å². The van der Waals surface area contributed by atoms with E-state index in [4.69, 9.17) is 0 Å². The van der Waals surface area contributed by atoms with Gasteiger partial charge in [0.05, 0.1) is 0 Å². The van der Waals surface area contributed by atoms with Crippen molar-refractivity contribution in [1.82, 2.24) is 0 Å². The quantitative estimate of drug-likeness (QED) is 0.509. The fourth-order valence-electron chi connectivity index (χ4n) is 0. The molecule has 0 heterocycles. The van der Waals surface area contributed by atoms with Crippen molar-refractivity contribution >= 4 is 31.1 Å². The van der Waals surface area contributed by atoms with Gasteiger partial charge < -0.3 is 0 Å². The molecule has 5 heavy (non-hydrogen) atoms. The van der Waals surface area contributed by atoms with Gasteiger partial charge in [-0.25, -0.2) is 0 Å². The Bertz CT molecular complexity index is 18.9. The first-order valence-electron chi connectivity index (χ1n) is 0.571. The van der Waals surface area contributed by atoms with Crippen molar-refractivity contribution in [2.24, 2.45) is 0 Å². The zero-order valence-electron chi connectivity index (χ0n) is 1.89. The van der Waals surface area contributed by atoms with Crippen LogP contribution in [0.5, 0.6) is 0 Å². The van der Waals surface area contributed by atoms with Crippen LogP contribution in [-0.4, -0.2) is 0 Å². The molecule has 0 atom stereocenters. The van der Waals surface area contributed by atoms with Crippen LogP contribution in [0.15, 0.2) is 0 Å². The van der Waals surface area contributed by atoms with E-state index in [0.29, 0.717) is 0 Å². The fraction of sp³-hybridized carbons (Fsp3) is 0. The zero-order chi connectivity index (χ0) is 4.28. The molecular formula is F2I3-. The van der Waals surface area contributed by atoms with E-state index in [0.717, 1.165) is 0 Å². The van der Waals surface area contributed by atoms with Crippen molar-refractivity contribution in [3.63, 3.8) is 0 Å². The van der Waals surface area contributed by atoms with Crippen molar-refractivity contribution < 1.29 is 23.5 Å². The average Bonchev–Trinajstić information content (AvgIpc) is 1.38. The molecule has 0 aliphatic rings. The molecule has 0 aliphatic carbocycles. The SMILES string of the molecule is F[I-]I(F)I. The third kappa shape index (κ3) is 6.05. The minimum atomic E-state index is -2.37. The summed E-state index contributed by atoms with van der Waals surface area (Å²) in [7, 11) is 0. The Morgan fingerprint density at radius 3 is 2.00 bits per heavy atom. The Morgan fingerprint density at radius 2 is 2.00 bits per heavy atom. The second-order valence-electron chi connectivity index (χ2n) is 0.216. The van der Waals surface area contributed by atoms with Crippen LogP contribution in [-0.2, 0) is 0 Å². The predicted molar refractivity (Wildman–Crippen MR) is 30.3 cm³/mol. The fourth-order valence-corrected chi connectivity index (χ4v) is 0. The van der Waals surface area contributed by atoms with Crippen molar-refractivity contribution in [2.45, 2.75) is 0 Å². The standard InChI is InChI=1S/F2I3/c1-4-5(2)3/q-1. The van der Waals surface area contributed by atoms with Gasteiger partial charge in [0, 0.05) is 0 Å². The molecule has 0 fully saturated rings. The summed E-state index contributed by atoms with van der Waals surface area (Å²) >= 11 is -2.27. The van der Waals surface area contributed by atoms with Gasteiger partial charge in [0.25, 0.3) is 0 Å². The van der Waals surface area contributed by atoms with Crippen LogP contribution in [0.4, 0.5) is 5.72 Å². The van der Waals surface area contributed by atoms with Crippen LogP contribution in [0.25, 0.3) is 0 Å². The second-order valence-corrected chi connectivity index (χ2v) is 23.6. The van der Waals surface area contributed by atoms with Gasteiger partial charge in [-0.1, -0.05) is 0 Å². The first-order valence-corrected chi connectivity index (χ1v) is 14.8. The normalized spacial score (nSPS) is 12.2. The van der Waals surface area contributed by atoms with Crippen LogP contribution in [0, 0.1) is 0 Å². The zero-order valence-corrected chi connectivity index (χ0v) is 8.36. The maximum absolute atomic E-state index is 11.2. The van der Waals surface area contributed by atoms with E-state index in [1.165, 1.54) is 0 Å². The van der Waals surface area contributed by atoms with Gasteiger partial charge in [0.2, 0.25) is 0 Å². The van der Waals surface area contributed by atoms with Gasteiger partial charge in [-0.3, -0.25) is 0 Å². The third-order valence-electron chi connectivity index (χ3n) is 0.0408. The number of hydrogen-bond acceptors (Lipinski definition) is 0. The summed E-state index contributed by atoms with van der Waals surface area (Å²) in [6.45, 7) is 0. The van der Waals surface area contributed by atoms with Crippen molar-refractivity contribution in [1.29, 1.82) is 0 Å². The first kappa shape index (κ1) is 7.05. The van der Waals surface area contributed by atoms with E-state index >= 15 is 0 Å². The molecule has 5 heteroatoms. The molecule has 0 saturated carbocycles. The second kappa shape index (κ2) is 4.22. The summed E-state index contributed by atoms with van der Waals surface area (Å²) in [6, 6.07) is 0. The Balaban J connectivity index is 2.54. The van der Waals surface area contributed by atoms with E-state index in [2.05, 4.69) is 0 Å². The van der Waals surface area contributed by atoms with Gasteiger partial charge in [0.15, 0.2) is 0 Å². The van der Waals surface area contributed by atoms with E-state index in [1.807, 2.05) is 0 Å². The van der Waals surface area contributed by atoms with Crippen molar-refractivity contribution in [2.75, 3.05) is 0 Å². The Kier molecular flexibility index (Phi) is 5.94. The first-order chi connectivity index (χ1) is 2.27. The molecule has 0 N–H and O–H groups in total. The number of rotatable bonds is 1. The van der Waals surface area contributed by atoms with Crippen molar-refractivity contribution in [3.8, 4) is 0 Å². The molecule has 0 nitrogen and oxygen atoms in total. The molecule has 0 unspecified atom stereocenters. The summed E-state index contributed by atoms with van der Waals surface area (Å²) in [5.41, 5.74) is 0. The maximum atomic E-state index is 11.2. The van der Waals surface area contributed by atoms with Gasteiger partial charge in [-0.05, 0) is 0 Å². The molecule has 0 rings (SSSR count). The number of halogens is 5.